The lowest BCUT2D eigenvalue weighted by Gasteiger charge is -2.07. The van der Waals surface area contributed by atoms with Crippen LogP contribution in [0.4, 0.5) is 5.69 Å². The summed E-state index contributed by atoms with van der Waals surface area (Å²) in [7, 11) is 2.36. The number of esters is 2. The van der Waals surface area contributed by atoms with Crippen molar-refractivity contribution in [2.45, 2.75) is 6.92 Å². The molecular formula is C20H17N3O6. The summed E-state index contributed by atoms with van der Waals surface area (Å²) >= 11 is 0. The Morgan fingerprint density at radius 3 is 2.28 bits per heavy atom. The summed E-state index contributed by atoms with van der Waals surface area (Å²) in [6, 6.07) is 12.9. The van der Waals surface area contributed by atoms with E-state index in [1.54, 1.807) is 43.3 Å². The van der Waals surface area contributed by atoms with Crippen LogP contribution in [0.3, 0.4) is 0 Å². The van der Waals surface area contributed by atoms with Crippen LogP contribution in [0.1, 0.15) is 26.4 Å². The summed E-state index contributed by atoms with van der Waals surface area (Å²) in [4.78, 5) is 35.8. The van der Waals surface area contributed by atoms with Gasteiger partial charge in [-0.15, -0.1) is 0 Å². The number of rotatable bonds is 5. The summed E-state index contributed by atoms with van der Waals surface area (Å²) in [6.45, 7) is 1.72. The molecule has 3 aromatic rings. The second-order valence-electron chi connectivity index (χ2n) is 6.06. The SMILES string of the molecule is COC(=O)c1c(-c2cc([N+](=O)[O-])ccc2C)nn(-c2ccccc2)c1C(=O)OC. The van der Waals surface area contributed by atoms with E-state index < -0.39 is 16.9 Å². The van der Waals surface area contributed by atoms with Crippen LogP contribution in [0.2, 0.25) is 0 Å². The van der Waals surface area contributed by atoms with Crippen LogP contribution in [0.15, 0.2) is 48.5 Å². The van der Waals surface area contributed by atoms with E-state index in [0.717, 1.165) is 0 Å². The molecule has 9 heteroatoms. The summed E-state index contributed by atoms with van der Waals surface area (Å²) in [6.07, 6.45) is 0. The first-order chi connectivity index (χ1) is 13.9. The standard InChI is InChI=1S/C20H17N3O6/c1-12-9-10-14(23(26)27)11-15(12)17-16(19(24)28-2)18(20(25)29-3)22(21-17)13-7-5-4-6-8-13/h4-11H,1-3H3. The molecule has 0 spiro atoms. The summed E-state index contributed by atoms with van der Waals surface area (Å²) in [5.41, 5.74) is 1.12. The number of ether oxygens (including phenoxy) is 2. The number of non-ortho nitro benzene ring substituents is 1. The highest BCUT2D eigenvalue weighted by Crippen LogP contribution is 2.33. The lowest BCUT2D eigenvalue weighted by atomic mass is 10.0. The number of nitrogens with zero attached hydrogens (tertiary/aromatic N) is 3. The van der Waals surface area contributed by atoms with Crippen LogP contribution in [0, 0.1) is 17.0 Å². The van der Waals surface area contributed by atoms with Crippen LogP contribution in [-0.2, 0) is 9.47 Å². The second-order valence-corrected chi connectivity index (χ2v) is 6.06. The van der Waals surface area contributed by atoms with Crippen molar-refractivity contribution in [1.82, 2.24) is 9.78 Å². The predicted octanol–water partition coefficient (Wildman–Crippen LogP) is 3.33. The van der Waals surface area contributed by atoms with Gasteiger partial charge in [0.25, 0.3) is 5.69 Å². The van der Waals surface area contributed by atoms with E-state index in [1.807, 2.05) is 0 Å². The minimum Gasteiger partial charge on any atom is -0.465 e. The number of benzene rings is 2. The molecule has 0 N–H and O–H groups in total. The lowest BCUT2D eigenvalue weighted by molar-refractivity contribution is -0.384. The number of hydrogen-bond donors (Lipinski definition) is 0. The number of aromatic nitrogens is 2. The molecule has 0 aliphatic rings. The third kappa shape index (κ3) is 3.57. The Bertz CT molecular complexity index is 1100. The Hall–Kier alpha value is -4.01. The maximum absolute atomic E-state index is 12.6. The van der Waals surface area contributed by atoms with Crippen molar-refractivity contribution in [2.75, 3.05) is 14.2 Å². The highest BCUT2D eigenvalue weighted by atomic mass is 16.6. The van der Waals surface area contributed by atoms with E-state index in [4.69, 9.17) is 9.47 Å². The van der Waals surface area contributed by atoms with Crippen molar-refractivity contribution in [2.24, 2.45) is 0 Å². The van der Waals surface area contributed by atoms with Gasteiger partial charge in [-0.2, -0.15) is 5.10 Å². The number of para-hydroxylation sites is 1. The lowest BCUT2D eigenvalue weighted by Crippen LogP contribution is -2.15. The molecule has 0 unspecified atom stereocenters. The quantitative estimate of drug-likeness (QED) is 0.370. The maximum Gasteiger partial charge on any atom is 0.357 e. The average molecular weight is 395 g/mol. The van der Waals surface area contributed by atoms with Gasteiger partial charge in [-0.3, -0.25) is 10.1 Å². The van der Waals surface area contributed by atoms with Crippen LogP contribution in [0.5, 0.6) is 0 Å². The molecule has 0 aliphatic carbocycles. The van der Waals surface area contributed by atoms with Gasteiger partial charge in [0.1, 0.15) is 11.3 Å². The fourth-order valence-electron chi connectivity index (χ4n) is 2.92. The molecule has 0 aliphatic heterocycles. The molecule has 0 radical (unpaired) electrons. The van der Waals surface area contributed by atoms with Crippen LogP contribution >= 0.6 is 0 Å². The second kappa shape index (κ2) is 7.93. The fraction of sp³-hybridized carbons (Fsp3) is 0.150. The van der Waals surface area contributed by atoms with Crippen LogP contribution in [-0.4, -0.2) is 40.9 Å². The maximum atomic E-state index is 12.6. The van der Waals surface area contributed by atoms with Gasteiger partial charge in [0.2, 0.25) is 0 Å². The first-order valence-electron chi connectivity index (χ1n) is 8.49. The zero-order valence-corrected chi connectivity index (χ0v) is 15.9. The van der Waals surface area contributed by atoms with Gasteiger partial charge < -0.3 is 9.47 Å². The largest absolute Gasteiger partial charge is 0.465 e. The van der Waals surface area contributed by atoms with Gasteiger partial charge in [0.05, 0.1) is 24.8 Å². The molecule has 0 amide bonds. The highest BCUT2D eigenvalue weighted by molar-refractivity contribution is 6.07. The third-order valence-electron chi connectivity index (χ3n) is 4.34. The Labute approximate surface area is 165 Å². The Morgan fingerprint density at radius 1 is 1.03 bits per heavy atom. The van der Waals surface area contributed by atoms with Gasteiger partial charge >= 0.3 is 11.9 Å². The molecule has 0 fully saturated rings. The minimum atomic E-state index is -0.812. The van der Waals surface area contributed by atoms with E-state index in [-0.39, 0.29) is 22.6 Å². The van der Waals surface area contributed by atoms with E-state index >= 15 is 0 Å². The average Bonchev–Trinajstić information content (AvgIpc) is 3.13. The molecule has 1 heterocycles. The fourth-order valence-corrected chi connectivity index (χ4v) is 2.92. The highest BCUT2D eigenvalue weighted by Gasteiger charge is 2.32. The Kier molecular flexibility index (Phi) is 5.40. The molecule has 0 atom stereocenters. The molecular weight excluding hydrogens is 378 g/mol. The molecule has 0 saturated heterocycles. The number of nitro groups is 1. The van der Waals surface area contributed by atoms with Gasteiger partial charge in [0.15, 0.2) is 5.69 Å². The van der Waals surface area contributed by atoms with Crippen molar-refractivity contribution < 1.29 is 24.0 Å². The van der Waals surface area contributed by atoms with Crippen molar-refractivity contribution in [1.29, 1.82) is 0 Å². The minimum absolute atomic E-state index is 0.0855. The zero-order valence-electron chi connectivity index (χ0n) is 15.9. The summed E-state index contributed by atoms with van der Waals surface area (Å²) < 4.78 is 11.0. The smallest absolute Gasteiger partial charge is 0.357 e. The van der Waals surface area contributed by atoms with Gasteiger partial charge in [0, 0.05) is 17.7 Å². The number of hydrogen-bond acceptors (Lipinski definition) is 7. The van der Waals surface area contributed by atoms with E-state index in [1.165, 1.54) is 31.0 Å². The van der Waals surface area contributed by atoms with Crippen molar-refractivity contribution in [3.63, 3.8) is 0 Å². The Balaban J connectivity index is 2.40. The molecule has 1 aromatic heterocycles. The van der Waals surface area contributed by atoms with Crippen molar-refractivity contribution >= 4 is 17.6 Å². The number of aryl methyl sites for hydroxylation is 1. The van der Waals surface area contributed by atoms with E-state index in [2.05, 4.69) is 5.10 Å². The molecule has 3 rings (SSSR count). The first kappa shape index (κ1) is 19.7. The van der Waals surface area contributed by atoms with Crippen LogP contribution < -0.4 is 0 Å². The van der Waals surface area contributed by atoms with Gasteiger partial charge in [-0.25, -0.2) is 14.3 Å². The molecule has 9 nitrogen and oxygen atoms in total. The predicted molar refractivity (Wildman–Crippen MR) is 103 cm³/mol. The molecule has 29 heavy (non-hydrogen) atoms. The van der Waals surface area contributed by atoms with Crippen LogP contribution in [0.25, 0.3) is 16.9 Å². The van der Waals surface area contributed by atoms with Crippen molar-refractivity contribution in [3.05, 3.63) is 75.5 Å². The molecule has 148 valence electrons. The molecule has 0 saturated carbocycles. The van der Waals surface area contributed by atoms with Crippen molar-refractivity contribution in [3.8, 4) is 16.9 Å². The van der Waals surface area contributed by atoms with Gasteiger partial charge in [-0.1, -0.05) is 24.3 Å². The number of carbonyl (C=O) groups is 2. The number of carbonyl (C=O) groups excluding carboxylic acids is 2. The monoisotopic (exact) mass is 395 g/mol. The number of nitro benzene ring substituents is 1. The topological polar surface area (TPSA) is 114 Å². The Morgan fingerprint density at radius 2 is 1.69 bits per heavy atom. The normalized spacial score (nSPS) is 10.4. The zero-order chi connectivity index (χ0) is 21.1. The van der Waals surface area contributed by atoms with E-state index in [0.29, 0.717) is 16.8 Å². The van der Waals surface area contributed by atoms with E-state index in [9.17, 15) is 19.7 Å². The molecule has 2 aromatic carbocycles. The van der Waals surface area contributed by atoms with Gasteiger partial charge in [-0.05, 0) is 24.6 Å². The summed E-state index contributed by atoms with van der Waals surface area (Å²) in [5.74, 6) is -1.61. The summed E-state index contributed by atoms with van der Waals surface area (Å²) in [5, 5.41) is 15.7. The number of methoxy groups -OCH3 is 2. The third-order valence-corrected chi connectivity index (χ3v) is 4.34. The molecule has 0 bridgehead atoms. The first-order valence-corrected chi connectivity index (χ1v) is 8.49.